The molecule has 5 heteroatoms. The smallest absolute Gasteiger partial charge is 0.154 e. The lowest BCUT2D eigenvalue weighted by molar-refractivity contribution is 0.181. The SMILES string of the molecule is CCC(CS(=O)O)N1CCNCC1. The molecule has 4 nitrogen and oxygen atoms in total. The number of nitrogens with one attached hydrogen (secondary N) is 1. The van der Waals surface area contributed by atoms with Gasteiger partial charge in [0.1, 0.15) is 0 Å². The van der Waals surface area contributed by atoms with Crippen molar-refractivity contribution < 1.29 is 8.76 Å². The molecule has 13 heavy (non-hydrogen) atoms. The predicted molar refractivity (Wildman–Crippen MR) is 54.2 cm³/mol. The number of hydrogen-bond donors (Lipinski definition) is 2. The van der Waals surface area contributed by atoms with Crippen molar-refractivity contribution >= 4 is 11.1 Å². The summed E-state index contributed by atoms with van der Waals surface area (Å²) in [5.74, 6) is 0.385. The number of piperazine rings is 1. The highest BCUT2D eigenvalue weighted by atomic mass is 32.2. The van der Waals surface area contributed by atoms with Gasteiger partial charge in [0, 0.05) is 32.2 Å². The summed E-state index contributed by atoms with van der Waals surface area (Å²) in [6, 6.07) is 0.271. The van der Waals surface area contributed by atoms with Gasteiger partial charge in [-0.15, -0.1) is 0 Å². The van der Waals surface area contributed by atoms with E-state index in [2.05, 4.69) is 17.1 Å². The fourth-order valence-corrected chi connectivity index (χ4v) is 2.47. The summed E-state index contributed by atoms with van der Waals surface area (Å²) in [7, 11) is 0. The molecule has 0 aliphatic carbocycles. The maximum Gasteiger partial charge on any atom is 0.154 e. The summed E-state index contributed by atoms with van der Waals surface area (Å²) < 4.78 is 19.5. The van der Waals surface area contributed by atoms with E-state index >= 15 is 0 Å². The molecule has 1 fully saturated rings. The quantitative estimate of drug-likeness (QED) is 0.630. The molecule has 78 valence electrons. The minimum Gasteiger partial charge on any atom is -0.314 e. The summed E-state index contributed by atoms with van der Waals surface area (Å²) in [6.07, 6.45) is 0.951. The molecule has 0 bridgehead atoms. The van der Waals surface area contributed by atoms with E-state index in [-0.39, 0.29) is 6.04 Å². The second kappa shape index (κ2) is 5.70. The second-order valence-corrected chi connectivity index (χ2v) is 4.31. The molecule has 0 amide bonds. The molecule has 0 spiro atoms. The van der Waals surface area contributed by atoms with E-state index in [1.807, 2.05) is 0 Å². The number of nitrogens with zero attached hydrogens (tertiary/aromatic N) is 1. The Morgan fingerprint density at radius 1 is 1.54 bits per heavy atom. The van der Waals surface area contributed by atoms with Gasteiger partial charge in [-0.3, -0.25) is 4.90 Å². The third-order valence-corrected chi connectivity index (χ3v) is 3.14. The van der Waals surface area contributed by atoms with Gasteiger partial charge < -0.3 is 9.87 Å². The Kier molecular flexibility index (Phi) is 4.87. The highest BCUT2D eigenvalue weighted by Crippen LogP contribution is 2.06. The van der Waals surface area contributed by atoms with Crippen molar-refractivity contribution in [1.82, 2.24) is 10.2 Å². The first-order valence-corrected chi connectivity index (χ1v) is 6.04. The van der Waals surface area contributed by atoms with E-state index in [0.717, 1.165) is 32.6 Å². The summed E-state index contributed by atoms with van der Waals surface area (Å²) in [5.41, 5.74) is 0. The zero-order valence-electron chi connectivity index (χ0n) is 8.03. The molecule has 0 aromatic carbocycles. The van der Waals surface area contributed by atoms with Crippen LogP contribution in [0.3, 0.4) is 0 Å². The molecule has 0 radical (unpaired) electrons. The van der Waals surface area contributed by atoms with Crippen molar-refractivity contribution in [2.24, 2.45) is 0 Å². The molecule has 1 rings (SSSR count). The minimum absolute atomic E-state index is 0.271. The maximum absolute atomic E-state index is 10.7. The highest BCUT2D eigenvalue weighted by molar-refractivity contribution is 7.79. The standard InChI is InChI=1S/C8H18N2O2S/c1-2-8(7-13(11)12)10-5-3-9-4-6-10/h8-9H,2-7H2,1H3,(H,11,12). The van der Waals surface area contributed by atoms with Gasteiger partial charge in [0.2, 0.25) is 0 Å². The molecule has 0 aromatic heterocycles. The molecule has 2 N–H and O–H groups in total. The van der Waals surface area contributed by atoms with Gasteiger partial charge in [0.15, 0.2) is 11.1 Å². The van der Waals surface area contributed by atoms with Crippen LogP contribution in [0.4, 0.5) is 0 Å². The van der Waals surface area contributed by atoms with E-state index in [1.54, 1.807) is 0 Å². The van der Waals surface area contributed by atoms with Crippen molar-refractivity contribution in [3.63, 3.8) is 0 Å². The maximum atomic E-state index is 10.7. The monoisotopic (exact) mass is 206 g/mol. The minimum atomic E-state index is -1.66. The van der Waals surface area contributed by atoms with Crippen molar-refractivity contribution in [1.29, 1.82) is 0 Å². The van der Waals surface area contributed by atoms with Crippen LogP contribution >= 0.6 is 0 Å². The Hall–Kier alpha value is 0.0300. The third kappa shape index (κ3) is 3.72. The lowest BCUT2D eigenvalue weighted by atomic mass is 10.2. The summed E-state index contributed by atoms with van der Waals surface area (Å²) >= 11 is -1.66. The molecular weight excluding hydrogens is 188 g/mol. The Morgan fingerprint density at radius 2 is 2.15 bits per heavy atom. The summed E-state index contributed by atoms with van der Waals surface area (Å²) in [5, 5.41) is 3.27. The van der Waals surface area contributed by atoms with Crippen LogP contribution < -0.4 is 5.32 Å². The zero-order chi connectivity index (χ0) is 9.68. The van der Waals surface area contributed by atoms with Crippen LogP contribution in [0.25, 0.3) is 0 Å². The van der Waals surface area contributed by atoms with Gasteiger partial charge in [-0.2, -0.15) is 0 Å². The molecule has 2 atom stereocenters. The molecule has 0 aromatic rings. The van der Waals surface area contributed by atoms with Crippen LogP contribution in [0, 0.1) is 0 Å². The fraction of sp³-hybridized carbons (Fsp3) is 1.00. The van der Waals surface area contributed by atoms with Crippen molar-refractivity contribution in [3.8, 4) is 0 Å². The molecule has 1 heterocycles. The average Bonchev–Trinajstić information content (AvgIpc) is 2.15. The largest absolute Gasteiger partial charge is 0.314 e. The first kappa shape index (κ1) is 11.1. The number of hydrogen-bond acceptors (Lipinski definition) is 3. The van der Waals surface area contributed by atoms with Crippen LogP contribution in [0.15, 0.2) is 0 Å². The fourth-order valence-electron chi connectivity index (χ4n) is 1.69. The topological polar surface area (TPSA) is 52.6 Å². The molecule has 0 saturated carbocycles. The molecule has 1 aliphatic rings. The average molecular weight is 206 g/mol. The summed E-state index contributed by atoms with van der Waals surface area (Å²) in [6.45, 7) is 6.05. The Bertz CT molecular complexity index is 172. The van der Waals surface area contributed by atoms with E-state index in [9.17, 15) is 4.21 Å². The first-order valence-electron chi connectivity index (χ1n) is 4.76. The van der Waals surface area contributed by atoms with Crippen LogP contribution in [-0.2, 0) is 11.1 Å². The van der Waals surface area contributed by atoms with Crippen molar-refractivity contribution in [3.05, 3.63) is 0 Å². The van der Waals surface area contributed by atoms with Gasteiger partial charge in [0.05, 0.1) is 5.75 Å². The molecule has 1 aliphatic heterocycles. The first-order chi connectivity index (χ1) is 6.24. The molecule has 1 saturated heterocycles. The second-order valence-electron chi connectivity index (χ2n) is 3.34. The third-order valence-electron chi connectivity index (χ3n) is 2.47. The van der Waals surface area contributed by atoms with E-state index in [1.165, 1.54) is 0 Å². The van der Waals surface area contributed by atoms with Crippen LogP contribution in [0.5, 0.6) is 0 Å². The van der Waals surface area contributed by atoms with Crippen molar-refractivity contribution in [2.75, 3.05) is 31.9 Å². The van der Waals surface area contributed by atoms with E-state index < -0.39 is 11.1 Å². The zero-order valence-corrected chi connectivity index (χ0v) is 8.85. The van der Waals surface area contributed by atoms with Gasteiger partial charge in [0.25, 0.3) is 0 Å². The highest BCUT2D eigenvalue weighted by Gasteiger charge is 2.20. The lowest BCUT2D eigenvalue weighted by Gasteiger charge is -2.33. The van der Waals surface area contributed by atoms with Crippen LogP contribution in [-0.4, -0.2) is 51.6 Å². The molecular formula is C8H18N2O2S. The normalized spacial score (nSPS) is 24.2. The van der Waals surface area contributed by atoms with Crippen LogP contribution in [0.1, 0.15) is 13.3 Å². The number of rotatable bonds is 4. The van der Waals surface area contributed by atoms with Gasteiger partial charge in [-0.1, -0.05) is 6.92 Å². The Morgan fingerprint density at radius 3 is 2.62 bits per heavy atom. The van der Waals surface area contributed by atoms with Crippen LogP contribution in [0.2, 0.25) is 0 Å². The summed E-state index contributed by atoms with van der Waals surface area (Å²) in [4.78, 5) is 2.30. The van der Waals surface area contributed by atoms with E-state index in [4.69, 9.17) is 4.55 Å². The Balaban J connectivity index is 2.39. The Labute approximate surface area is 82.0 Å². The van der Waals surface area contributed by atoms with Crippen molar-refractivity contribution in [2.45, 2.75) is 19.4 Å². The van der Waals surface area contributed by atoms with Gasteiger partial charge >= 0.3 is 0 Å². The molecule has 2 unspecified atom stereocenters. The van der Waals surface area contributed by atoms with E-state index in [0.29, 0.717) is 5.75 Å². The van der Waals surface area contributed by atoms with Gasteiger partial charge in [-0.05, 0) is 6.42 Å². The van der Waals surface area contributed by atoms with Gasteiger partial charge in [-0.25, -0.2) is 4.21 Å². The predicted octanol–water partition coefficient (Wildman–Crippen LogP) is -0.108. The lowest BCUT2D eigenvalue weighted by Crippen LogP contribution is -2.49.